The molecule has 0 radical (unpaired) electrons. The van der Waals surface area contributed by atoms with Gasteiger partial charge in [-0.3, -0.25) is 9.48 Å². The van der Waals surface area contributed by atoms with Gasteiger partial charge in [0, 0.05) is 49.9 Å². The van der Waals surface area contributed by atoms with Gasteiger partial charge in [-0.2, -0.15) is 5.10 Å². The summed E-state index contributed by atoms with van der Waals surface area (Å²) < 4.78 is 1.79. The topological polar surface area (TPSA) is 74.7 Å². The summed E-state index contributed by atoms with van der Waals surface area (Å²) in [6, 6.07) is 4.36. The molecule has 1 fully saturated rings. The first-order chi connectivity index (χ1) is 12.9. The zero-order valence-electron chi connectivity index (χ0n) is 16.4. The number of nitrogens with zero attached hydrogens (tertiary/aromatic N) is 2. The Morgan fingerprint density at radius 1 is 1.30 bits per heavy atom. The van der Waals surface area contributed by atoms with Gasteiger partial charge in [-0.05, 0) is 43.5 Å². The average Bonchev–Trinajstić information content (AvgIpc) is 3.34. The predicted octanol–water partition coefficient (Wildman–Crippen LogP) is 2.45. The molecule has 3 aromatic rings. The van der Waals surface area contributed by atoms with E-state index in [1.165, 1.54) is 22.2 Å². The van der Waals surface area contributed by atoms with Crippen LogP contribution in [0.3, 0.4) is 0 Å². The zero-order valence-corrected chi connectivity index (χ0v) is 16.4. The molecule has 27 heavy (non-hydrogen) atoms. The third kappa shape index (κ3) is 3.25. The van der Waals surface area contributed by atoms with Crippen molar-refractivity contribution in [3.8, 4) is 0 Å². The fraction of sp³-hybridized carbons (Fsp3) is 0.429. The molecule has 4 rings (SSSR count). The second-order valence-electron chi connectivity index (χ2n) is 7.76. The van der Waals surface area contributed by atoms with Gasteiger partial charge >= 0.3 is 0 Å². The van der Waals surface area contributed by atoms with Crippen LogP contribution >= 0.6 is 0 Å². The lowest BCUT2D eigenvalue weighted by atomic mass is 9.90. The molecule has 1 amide bonds. The first-order valence-electron chi connectivity index (χ1n) is 9.49. The molecule has 2 aromatic heterocycles. The molecule has 2 atom stereocenters. The van der Waals surface area contributed by atoms with Crippen LogP contribution in [0.2, 0.25) is 0 Å². The van der Waals surface area contributed by atoms with Crippen molar-refractivity contribution < 1.29 is 4.79 Å². The molecular weight excluding hydrogens is 338 g/mol. The maximum Gasteiger partial charge on any atom is 0.225 e. The molecule has 1 aromatic carbocycles. The van der Waals surface area contributed by atoms with Gasteiger partial charge in [0.1, 0.15) is 0 Å². The fourth-order valence-electron chi connectivity index (χ4n) is 4.18. The number of nitrogens with one attached hydrogen (secondary N) is 3. The minimum Gasteiger partial charge on any atom is -0.358 e. The van der Waals surface area contributed by atoms with Gasteiger partial charge in [-0.15, -0.1) is 0 Å². The van der Waals surface area contributed by atoms with Crippen molar-refractivity contribution in [3.05, 3.63) is 52.5 Å². The number of fused-ring (bicyclic) bond motifs is 1. The second-order valence-corrected chi connectivity index (χ2v) is 7.76. The highest BCUT2D eigenvalue weighted by atomic mass is 16.1. The van der Waals surface area contributed by atoms with Crippen molar-refractivity contribution in [1.29, 1.82) is 0 Å². The quantitative estimate of drug-likeness (QED) is 0.665. The van der Waals surface area contributed by atoms with E-state index in [2.05, 4.69) is 53.6 Å². The lowest BCUT2D eigenvalue weighted by Gasteiger charge is -2.17. The molecule has 6 nitrogen and oxygen atoms in total. The zero-order chi connectivity index (χ0) is 19.1. The number of aryl methyl sites for hydroxylation is 4. The summed E-state index contributed by atoms with van der Waals surface area (Å²) in [5.41, 5.74) is 7.06. The van der Waals surface area contributed by atoms with Gasteiger partial charge in [-0.1, -0.05) is 11.6 Å². The van der Waals surface area contributed by atoms with Crippen molar-refractivity contribution in [1.82, 2.24) is 25.4 Å². The smallest absolute Gasteiger partial charge is 0.225 e. The Hall–Kier alpha value is -2.60. The summed E-state index contributed by atoms with van der Waals surface area (Å²) in [6.45, 7) is 8.38. The van der Waals surface area contributed by atoms with E-state index in [-0.39, 0.29) is 17.7 Å². The van der Waals surface area contributed by atoms with Crippen LogP contribution in [0.5, 0.6) is 0 Å². The molecule has 1 aliphatic rings. The van der Waals surface area contributed by atoms with Crippen LogP contribution in [0, 0.1) is 26.7 Å². The Bertz CT molecular complexity index is 1000. The van der Waals surface area contributed by atoms with Gasteiger partial charge in [0.25, 0.3) is 0 Å². The van der Waals surface area contributed by atoms with E-state index in [1.54, 1.807) is 4.68 Å². The summed E-state index contributed by atoms with van der Waals surface area (Å²) in [5.74, 6) is 0.205. The van der Waals surface area contributed by atoms with Crippen LogP contribution in [-0.2, 0) is 18.4 Å². The van der Waals surface area contributed by atoms with Crippen LogP contribution in [0.25, 0.3) is 10.9 Å². The molecule has 1 aliphatic heterocycles. The molecule has 1 saturated heterocycles. The van der Waals surface area contributed by atoms with Crippen molar-refractivity contribution >= 4 is 16.8 Å². The summed E-state index contributed by atoms with van der Waals surface area (Å²) in [5, 5.41) is 12.0. The Balaban J connectivity index is 1.52. The average molecular weight is 365 g/mol. The number of aromatic amines is 1. The highest BCUT2D eigenvalue weighted by molar-refractivity contribution is 5.88. The van der Waals surface area contributed by atoms with Crippen LogP contribution < -0.4 is 10.6 Å². The Labute approximate surface area is 159 Å². The minimum atomic E-state index is -0.0679. The van der Waals surface area contributed by atoms with E-state index in [9.17, 15) is 4.79 Å². The van der Waals surface area contributed by atoms with E-state index in [4.69, 9.17) is 0 Å². The summed E-state index contributed by atoms with van der Waals surface area (Å²) in [7, 11) is 1.91. The lowest BCUT2D eigenvalue weighted by molar-refractivity contribution is -0.125. The van der Waals surface area contributed by atoms with Crippen LogP contribution in [0.4, 0.5) is 0 Å². The third-order valence-electron chi connectivity index (χ3n) is 5.80. The number of amides is 1. The van der Waals surface area contributed by atoms with E-state index in [0.29, 0.717) is 13.1 Å². The van der Waals surface area contributed by atoms with E-state index >= 15 is 0 Å². The molecule has 3 N–H and O–H groups in total. The van der Waals surface area contributed by atoms with E-state index < -0.39 is 0 Å². The molecule has 0 unspecified atom stereocenters. The number of benzene rings is 1. The van der Waals surface area contributed by atoms with Crippen molar-refractivity contribution in [2.75, 3.05) is 13.1 Å². The van der Waals surface area contributed by atoms with Crippen molar-refractivity contribution in [3.63, 3.8) is 0 Å². The Morgan fingerprint density at radius 3 is 2.85 bits per heavy atom. The van der Waals surface area contributed by atoms with Crippen molar-refractivity contribution in [2.24, 2.45) is 13.0 Å². The van der Waals surface area contributed by atoms with Gasteiger partial charge in [0.15, 0.2) is 0 Å². The summed E-state index contributed by atoms with van der Waals surface area (Å²) in [4.78, 5) is 16.4. The molecule has 142 valence electrons. The molecule has 0 bridgehead atoms. The molecule has 6 heteroatoms. The maximum atomic E-state index is 12.9. The van der Waals surface area contributed by atoms with Gasteiger partial charge in [-0.25, -0.2) is 0 Å². The monoisotopic (exact) mass is 365 g/mol. The minimum absolute atomic E-state index is 0.0679. The third-order valence-corrected chi connectivity index (χ3v) is 5.80. The number of aromatic nitrogens is 3. The lowest BCUT2D eigenvalue weighted by Crippen LogP contribution is -2.34. The van der Waals surface area contributed by atoms with Crippen LogP contribution in [0.1, 0.15) is 33.9 Å². The van der Waals surface area contributed by atoms with Crippen LogP contribution in [0.15, 0.2) is 24.5 Å². The van der Waals surface area contributed by atoms with Gasteiger partial charge < -0.3 is 15.6 Å². The highest BCUT2D eigenvalue weighted by Crippen LogP contribution is 2.29. The first kappa shape index (κ1) is 17.8. The molecule has 3 heterocycles. The Kier molecular flexibility index (Phi) is 4.52. The molecule has 0 aliphatic carbocycles. The standard InChI is InChI=1S/C21H27N5O/c1-12-5-15(20-17(6-12)13(2)14(3)25-20)7-23-21(27)19-10-22-9-18(19)16-8-24-26(4)11-16/h5-6,8,11,18-19,22,25H,7,9-10H2,1-4H3,(H,23,27)/t18-,19+/m1/s1. The number of carbonyl (C=O) groups is 1. The number of hydrogen-bond donors (Lipinski definition) is 3. The highest BCUT2D eigenvalue weighted by Gasteiger charge is 2.34. The van der Waals surface area contributed by atoms with Crippen molar-refractivity contribution in [2.45, 2.75) is 33.2 Å². The number of rotatable bonds is 4. The number of H-pyrrole nitrogens is 1. The summed E-state index contributed by atoms with van der Waals surface area (Å²) in [6.07, 6.45) is 3.87. The second kappa shape index (κ2) is 6.85. The largest absolute Gasteiger partial charge is 0.358 e. The van der Waals surface area contributed by atoms with E-state index in [1.807, 2.05) is 19.4 Å². The molecular formula is C21H27N5O. The molecule has 0 saturated carbocycles. The Morgan fingerprint density at radius 2 is 2.11 bits per heavy atom. The SMILES string of the molecule is Cc1cc(CNC(=O)[C@H]2CNC[C@@H]2c2cnn(C)c2)c2[nH]c(C)c(C)c2c1. The van der Waals surface area contributed by atoms with Gasteiger partial charge in [0.2, 0.25) is 5.91 Å². The van der Waals surface area contributed by atoms with Crippen LogP contribution in [-0.4, -0.2) is 33.8 Å². The number of carbonyl (C=O) groups excluding carboxylic acids is 1. The normalized spacial score (nSPS) is 19.7. The predicted molar refractivity (Wildman–Crippen MR) is 107 cm³/mol. The van der Waals surface area contributed by atoms with E-state index in [0.717, 1.165) is 23.2 Å². The molecule has 0 spiro atoms. The summed E-state index contributed by atoms with van der Waals surface area (Å²) >= 11 is 0. The van der Waals surface area contributed by atoms with Gasteiger partial charge in [0.05, 0.1) is 17.6 Å². The number of hydrogen-bond acceptors (Lipinski definition) is 3. The fourth-order valence-corrected chi connectivity index (χ4v) is 4.18. The maximum absolute atomic E-state index is 12.9. The first-order valence-corrected chi connectivity index (χ1v) is 9.49.